The van der Waals surface area contributed by atoms with Crippen molar-refractivity contribution < 1.29 is 22.5 Å². The minimum atomic E-state index is -4.52. The van der Waals surface area contributed by atoms with E-state index in [1.54, 1.807) is 28.0 Å². The van der Waals surface area contributed by atoms with Crippen LogP contribution < -0.4 is 0 Å². The van der Waals surface area contributed by atoms with E-state index in [9.17, 15) is 18.0 Å². The predicted molar refractivity (Wildman–Crippen MR) is 96.9 cm³/mol. The molecule has 0 aromatic carbocycles. The summed E-state index contributed by atoms with van der Waals surface area (Å²) in [5.41, 5.74) is -0.354. The summed E-state index contributed by atoms with van der Waals surface area (Å²) in [5.74, 6) is -0.200. The Morgan fingerprint density at radius 3 is 2.72 bits per heavy atom. The normalized spacial score (nSPS) is 15.9. The number of aromatic nitrogens is 4. The van der Waals surface area contributed by atoms with Gasteiger partial charge in [-0.15, -0.1) is 0 Å². The first-order valence-electron chi connectivity index (χ1n) is 9.42. The Kier molecular flexibility index (Phi) is 5.01. The molecule has 1 amide bonds. The van der Waals surface area contributed by atoms with Gasteiger partial charge in [0.1, 0.15) is 0 Å². The van der Waals surface area contributed by atoms with Crippen molar-refractivity contribution in [1.82, 2.24) is 24.8 Å². The summed E-state index contributed by atoms with van der Waals surface area (Å²) in [7, 11) is 0. The molecule has 1 aliphatic heterocycles. The minimum Gasteiger partial charge on any atom is -0.343 e. The minimum absolute atomic E-state index is 0.0113. The van der Waals surface area contributed by atoms with Crippen LogP contribution in [-0.4, -0.2) is 43.8 Å². The highest BCUT2D eigenvalue weighted by Crippen LogP contribution is 2.40. The van der Waals surface area contributed by atoms with Gasteiger partial charge in [0.15, 0.2) is 0 Å². The maximum Gasteiger partial charge on any atom is 0.417 e. The van der Waals surface area contributed by atoms with Crippen LogP contribution in [0.5, 0.6) is 0 Å². The molecular formula is C19H20F3N5O2. The molecular weight excluding hydrogens is 387 g/mol. The van der Waals surface area contributed by atoms with E-state index in [1.165, 1.54) is 6.92 Å². The summed E-state index contributed by atoms with van der Waals surface area (Å²) in [6.45, 7) is 2.93. The number of piperidine rings is 1. The quantitative estimate of drug-likeness (QED) is 0.661. The largest absolute Gasteiger partial charge is 0.417 e. The lowest BCUT2D eigenvalue weighted by molar-refractivity contribution is -0.136. The summed E-state index contributed by atoms with van der Waals surface area (Å²) in [6, 6.07) is 2.82. The molecule has 0 saturated carbocycles. The second kappa shape index (κ2) is 7.49. The molecule has 0 radical (unpaired) electrons. The summed E-state index contributed by atoms with van der Waals surface area (Å²) in [6.07, 6.45) is 0.323. The fourth-order valence-corrected chi connectivity index (χ4v) is 3.80. The number of amides is 1. The highest BCUT2D eigenvalue weighted by molar-refractivity contribution is 5.81. The molecule has 3 aromatic heterocycles. The zero-order valence-corrected chi connectivity index (χ0v) is 15.8. The first kappa shape index (κ1) is 19.4. The van der Waals surface area contributed by atoms with Crippen molar-refractivity contribution in [3.05, 3.63) is 41.5 Å². The van der Waals surface area contributed by atoms with Crippen LogP contribution in [-0.2, 0) is 17.5 Å². The SMILES string of the molecule is Cc1cc(C(F)(F)F)c2c(C3CCN(C(=O)CCn4cccn4)CC3)noc2n1. The number of fused-ring (bicyclic) bond motifs is 1. The molecule has 0 aliphatic carbocycles. The van der Waals surface area contributed by atoms with Gasteiger partial charge in [0.2, 0.25) is 5.91 Å². The molecule has 4 rings (SSSR count). The summed E-state index contributed by atoms with van der Waals surface area (Å²) >= 11 is 0. The van der Waals surface area contributed by atoms with Gasteiger partial charge in [-0.1, -0.05) is 5.16 Å². The van der Waals surface area contributed by atoms with Crippen molar-refractivity contribution in [2.75, 3.05) is 13.1 Å². The van der Waals surface area contributed by atoms with Crippen molar-refractivity contribution in [2.24, 2.45) is 0 Å². The Morgan fingerprint density at radius 2 is 2.07 bits per heavy atom. The molecule has 0 N–H and O–H groups in total. The van der Waals surface area contributed by atoms with Crippen molar-refractivity contribution in [3.63, 3.8) is 0 Å². The Bertz CT molecular complexity index is 1000. The topological polar surface area (TPSA) is 77.0 Å². The number of hydrogen-bond donors (Lipinski definition) is 0. The lowest BCUT2D eigenvalue weighted by atomic mass is 9.90. The molecule has 4 heterocycles. The molecule has 0 spiro atoms. The maximum atomic E-state index is 13.5. The zero-order valence-electron chi connectivity index (χ0n) is 15.8. The second-order valence-electron chi connectivity index (χ2n) is 7.23. The highest BCUT2D eigenvalue weighted by Gasteiger charge is 2.37. The van der Waals surface area contributed by atoms with Crippen LogP contribution in [0.25, 0.3) is 11.1 Å². The number of likely N-dealkylation sites (tertiary alicyclic amines) is 1. The Balaban J connectivity index is 1.47. The van der Waals surface area contributed by atoms with E-state index >= 15 is 0 Å². The molecule has 10 heteroatoms. The van der Waals surface area contributed by atoms with Crippen molar-refractivity contribution in [2.45, 2.75) is 44.8 Å². The lowest BCUT2D eigenvalue weighted by Crippen LogP contribution is -2.38. The van der Waals surface area contributed by atoms with Gasteiger partial charge in [-0.3, -0.25) is 9.48 Å². The summed E-state index contributed by atoms with van der Waals surface area (Å²) in [5, 5.41) is 7.93. The molecule has 0 bridgehead atoms. The third kappa shape index (κ3) is 3.96. The Labute approximate surface area is 164 Å². The van der Waals surface area contributed by atoms with E-state index in [0.29, 0.717) is 38.9 Å². The third-order valence-electron chi connectivity index (χ3n) is 5.25. The first-order valence-corrected chi connectivity index (χ1v) is 9.42. The number of alkyl halides is 3. The molecule has 1 aliphatic rings. The number of rotatable bonds is 4. The number of aryl methyl sites for hydroxylation is 2. The second-order valence-corrected chi connectivity index (χ2v) is 7.23. The molecule has 0 unspecified atom stereocenters. The molecule has 29 heavy (non-hydrogen) atoms. The van der Waals surface area contributed by atoms with E-state index in [2.05, 4.69) is 15.2 Å². The molecule has 3 aromatic rings. The van der Waals surface area contributed by atoms with E-state index in [-0.39, 0.29) is 34.3 Å². The Morgan fingerprint density at radius 1 is 1.31 bits per heavy atom. The van der Waals surface area contributed by atoms with Crippen LogP contribution in [0, 0.1) is 6.92 Å². The number of hydrogen-bond acceptors (Lipinski definition) is 5. The Hall–Kier alpha value is -2.91. The molecule has 1 saturated heterocycles. The highest BCUT2D eigenvalue weighted by atomic mass is 19.4. The van der Waals surface area contributed by atoms with Crippen LogP contribution in [0.15, 0.2) is 29.0 Å². The number of halogens is 3. The van der Waals surface area contributed by atoms with Gasteiger partial charge in [-0.05, 0) is 31.9 Å². The van der Waals surface area contributed by atoms with Crippen LogP contribution in [0.4, 0.5) is 13.2 Å². The van der Waals surface area contributed by atoms with E-state index < -0.39 is 11.7 Å². The van der Waals surface area contributed by atoms with Gasteiger partial charge in [0, 0.05) is 50.1 Å². The summed E-state index contributed by atoms with van der Waals surface area (Å²) < 4.78 is 47.4. The average Bonchev–Trinajstić information content (AvgIpc) is 3.34. The van der Waals surface area contributed by atoms with Gasteiger partial charge in [-0.2, -0.15) is 18.3 Å². The third-order valence-corrected chi connectivity index (χ3v) is 5.25. The molecule has 0 atom stereocenters. The average molecular weight is 407 g/mol. The number of carbonyl (C=O) groups is 1. The molecule has 7 nitrogen and oxygen atoms in total. The van der Waals surface area contributed by atoms with E-state index in [4.69, 9.17) is 4.52 Å². The fraction of sp³-hybridized carbons (Fsp3) is 0.474. The van der Waals surface area contributed by atoms with Gasteiger partial charge >= 0.3 is 6.18 Å². The monoisotopic (exact) mass is 407 g/mol. The van der Waals surface area contributed by atoms with Crippen molar-refractivity contribution >= 4 is 17.0 Å². The van der Waals surface area contributed by atoms with Crippen molar-refractivity contribution in [3.8, 4) is 0 Å². The number of nitrogens with zero attached hydrogens (tertiary/aromatic N) is 5. The van der Waals surface area contributed by atoms with Gasteiger partial charge in [0.25, 0.3) is 5.71 Å². The van der Waals surface area contributed by atoms with Crippen LogP contribution in [0.3, 0.4) is 0 Å². The van der Waals surface area contributed by atoms with Crippen LogP contribution in [0.2, 0.25) is 0 Å². The fourth-order valence-electron chi connectivity index (χ4n) is 3.80. The van der Waals surface area contributed by atoms with Crippen molar-refractivity contribution in [1.29, 1.82) is 0 Å². The van der Waals surface area contributed by atoms with Gasteiger partial charge in [0.05, 0.1) is 16.6 Å². The van der Waals surface area contributed by atoms with E-state index in [0.717, 1.165) is 6.07 Å². The van der Waals surface area contributed by atoms with Crippen LogP contribution >= 0.6 is 0 Å². The smallest absolute Gasteiger partial charge is 0.343 e. The van der Waals surface area contributed by atoms with E-state index in [1.807, 2.05) is 0 Å². The van der Waals surface area contributed by atoms with Gasteiger partial charge < -0.3 is 9.42 Å². The van der Waals surface area contributed by atoms with Crippen LogP contribution in [0.1, 0.15) is 42.1 Å². The molecule has 154 valence electrons. The lowest BCUT2D eigenvalue weighted by Gasteiger charge is -2.31. The standard InChI is InChI=1S/C19H20F3N5O2/c1-12-11-14(19(20,21)22)16-17(25-29-18(16)24-12)13-3-8-26(9-4-13)15(28)5-10-27-7-2-6-23-27/h2,6-7,11,13H,3-5,8-10H2,1H3. The predicted octanol–water partition coefficient (Wildman–Crippen LogP) is 3.54. The number of carbonyl (C=O) groups excluding carboxylic acids is 1. The maximum absolute atomic E-state index is 13.5. The molecule has 1 fully saturated rings. The number of pyridine rings is 1. The summed E-state index contributed by atoms with van der Waals surface area (Å²) in [4.78, 5) is 18.2. The first-order chi connectivity index (χ1) is 13.8. The van der Waals surface area contributed by atoms with Gasteiger partial charge in [-0.25, -0.2) is 4.98 Å². The zero-order chi connectivity index (χ0) is 20.6.